The second kappa shape index (κ2) is 8.07. The summed E-state index contributed by atoms with van der Waals surface area (Å²) in [6.45, 7) is 2.18. The number of nitrogens with zero attached hydrogens (tertiary/aromatic N) is 1. The molecule has 1 heterocycles. The molecule has 3 atom stereocenters. The molecule has 26 heavy (non-hydrogen) atoms. The molecule has 1 aliphatic rings. The number of nitro groups is 1. The third-order valence-electron chi connectivity index (χ3n) is 4.26. The first-order valence-corrected chi connectivity index (χ1v) is 8.37. The summed E-state index contributed by atoms with van der Waals surface area (Å²) in [6.07, 6.45) is -0.549. The lowest BCUT2D eigenvalue weighted by Crippen LogP contribution is -2.50. The molecule has 1 fully saturated rings. The van der Waals surface area contributed by atoms with Crippen LogP contribution in [0.2, 0.25) is 0 Å². The first-order chi connectivity index (χ1) is 12.5. The lowest BCUT2D eigenvalue weighted by Gasteiger charge is -2.35. The zero-order valence-corrected chi connectivity index (χ0v) is 14.3. The lowest BCUT2D eigenvalue weighted by molar-refractivity contribution is -0.384. The fraction of sp³-hybridized carbons (Fsp3) is 0.316. The van der Waals surface area contributed by atoms with Gasteiger partial charge < -0.3 is 14.8 Å². The van der Waals surface area contributed by atoms with Crippen molar-refractivity contribution in [3.8, 4) is 0 Å². The van der Waals surface area contributed by atoms with Crippen molar-refractivity contribution in [3.63, 3.8) is 0 Å². The maximum atomic E-state index is 12.2. The smallest absolute Gasteiger partial charge is 0.269 e. The van der Waals surface area contributed by atoms with Gasteiger partial charge in [-0.2, -0.15) is 0 Å². The van der Waals surface area contributed by atoms with Crippen LogP contribution in [0, 0.1) is 10.1 Å². The van der Waals surface area contributed by atoms with Crippen LogP contribution in [0.15, 0.2) is 54.6 Å². The minimum atomic E-state index is -0.604. The molecule has 7 heteroatoms. The Bertz CT molecular complexity index is 763. The van der Waals surface area contributed by atoms with Gasteiger partial charge in [-0.15, -0.1) is 0 Å². The first kappa shape index (κ1) is 18.0. The summed E-state index contributed by atoms with van der Waals surface area (Å²) in [5.41, 5.74) is 1.67. The Balaban J connectivity index is 1.54. The van der Waals surface area contributed by atoms with E-state index in [2.05, 4.69) is 5.32 Å². The van der Waals surface area contributed by atoms with Crippen molar-refractivity contribution in [2.75, 3.05) is 6.61 Å². The van der Waals surface area contributed by atoms with E-state index in [0.29, 0.717) is 18.6 Å². The molecule has 2 aromatic carbocycles. The van der Waals surface area contributed by atoms with Gasteiger partial charge in [-0.05, 0) is 24.6 Å². The Hall–Kier alpha value is -2.77. The topological polar surface area (TPSA) is 90.7 Å². The summed E-state index contributed by atoms with van der Waals surface area (Å²) in [4.78, 5) is 22.5. The van der Waals surface area contributed by atoms with Crippen LogP contribution < -0.4 is 5.32 Å². The van der Waals surface area contributed by atoms with E-state index in [9.17, 15) is 14.9 Å². The molecule has 2 aromatic rings. The van der Waals surface area contributed by atoms with Crippen LogP contribution in [-0.2, 0) is 20.7 Å². The van der Waals surface area contributed by atoms with Gasteiger partial charge >= 0.3 is 0 Å². The molecule has 0 aliphatic carbocycles. The summed E-state index contributed by atoms with van der Waals surface area (Å²) in [7, 11) is 0. The third-order valence-corrected chi connectivity index (χ3v) is 4.26. The number of benzene rings is 2. The summed E-state index contributed by atoms with van der Waals surface area (Å²) in [5, 5.41) is 13.7. The summed E-state index contributed by atoms with van der Waals surface area (Å²) >= 11 is 0. The van der Waals surface area contributed by atoms with Crippen molar-refractivity contribution >= 4 is 11.6 Å². The highest BCUT2D eigenvalue weighted by Gasteiger charge is 2.31. The van der Waals surface area contributed by atoms with Crippen molar-refractivity contribution < 1.29 is 19.2 Å². The summed E-state index contributed by atoms with van der Waals surface area (Å²) in [6, 6.07) is 15.3. The highest BCUT2D eigenvalue weighted by atomic mass is 16.7. The quantitative estimate of drug-likeness (QED) is 0.657. The monoisotopic (exact) mass is 356 g/mol. The molecular weight excluding hydrogens is 336 g/mol. The second-order valence-corrected chi connectivity index (χ2v) is 6.19. The normalized spacial score (nSPS) is 22.6. The fourth-order valence-electron chi connectivity index (χ4n) is 2.78. The van der Waals surface area contributed by atoms with Crippen LogP contribution >= 0.6 is 0 Å². The van der Waals surface area contributed by atoms with E-state index in [4.69, 9.17) is 9.47 Å². The number of nitrogens with one attached hydrogen (secondary N) is 1. The molecule has 0 radical (unpaired) electrons. The van der Waals surface area contributed by atoms with Gasteiger partial charge in [0.2, 0.25) is 5.91 Å². The number of hydrogen-bond donors (Lipinski definition) is 1. The van der Waals surface area contributed by atoms with E-state index in [-0.39, 0.29) is 23.7 Å². The summed E-state index contributed by atoms with van der Waals surface area (Å²) in [5.74, 6) is -0.0889. The SMILES string of the molecule is C[C@@H]1O[C@@H](c2ccc([N+](=O)[O-])cc2)OC[C@H]1NC(=O)Cc1ccccc1. The summed E-state index contributed by atoms with van der Waals surface area (Å²) < 4.78 is 11.5. The Morgan fingerprint density at radius 3 is 2.50 bits per heavy atom. The Kier molecular flexibility index (Phi) is 5.60. The Morgan fingerprint density at radius 2 is 1.88 bits per heavy atom. The lowest BCUT2D eigenvalue weighted by atomic mass is 10.1. The second-order valence-electron chi connectivity index (χ2n) is 6.19. The highest BCUT2D eigenvalue weighted by Crippen LogP contribution is 2.27. The van der Waals surface area contributed by atoms with Gasteiger partial charge in [-0.1, -0.05) is 30.3 Å². The number of ether oxygens (including phenoxy) is 2. The maximum absolute atomic E-state index is 12.2. The highest BCUT2D eigenvalue weighted by molar-refractivity contribution is 5.78. The van der Waals surface area contributed by atoms with Crippen molar-refractivity contribution in [1.29, 1.82) is 0 Å². The average molecular weight is 356 g/mol. The largest absolute Gasteiger partial charge is 0.348 e. The third kappa shape index (κ3) is 4.44. The predicted octanol–water partition coefficient (Wildman–Crippen LogP) is 2.76. The molecule has 1 N–H and O–H groups in total. The van der Waals surface area contributed by atoms with Crippen molar-refractivity contribution in [1.82, 2.24) is 5.32 Å². The molecule has 136 valence electrons. The first-order valence-electron chi connectivity index (χ1n) is 8.37. The fourth-order valence-corrected chi connectivity index (χ4v) is 2.78. The Labute approximate surface area is 151 Å². The van der Waals surface area contributed by atoms with E-state index in [0.717, 1.165) is 5.56 Å². The number of rotatable bonds is 5. The standard InChI is InChI=1S/C19H20N2O5/c1-13-17(20-18(22)11-14-5-3-2-4-6-14)12-25-19(26-13)15-7-9-16(10-8-15)21(23)24/h2-10,13,17,19H,11-12H2,1H3,(H,20,22)/t13-,17+,19-/m0/s1. The number of carbonyl (C=O) groups is 1. The molecule has 0 unspecified atom stereocenters. The van der Waals surface area contributed by atoms with Crippen LogP contribution in [0.5, 0.6) is 0 Å². The van der Waals surface area contributed by atoms with Gasteiger partial charge in [-0.25, -0.2) is 0 Å². The maximum Gasteiger partial charge on any atom is 0.269 e. The van der Waals surface area contributed by atoms with Crippen LogP contribution in [0.4, 0.5) is 5.69 Å². The molecule has 0 bridgehead atoms. The van der Waals surface area contributed by atoms with Crippen molar-refractivity contribution in [2.45, 2.75) is 31.8 Å². The van der Waals surface area contributed by atoms with Gasteiger partial charge in [-0.3, -0.25) is 14.9 Å². The van der Waals surface area contributed by atoms with Gasteiger partial charge in [0, 0.05) is 17.7 Å². The van der Waals surface area contributed by atoms with Crippen LogP contribution in [0.1, 0.15) is 24.3 Å². The minimum absolute atomic E-state index is 0.0173. The van der Waals surface area contributed by atoms with Crippen molar-refractivity contribution in [3.05, 3.63) is 75.8 Å². The molecule has 0 saturated carbocycles. The van der Waals surface area contributed by atoms with E-state index < -0.39 is 11.2 Å². The van der Waals surface area contributed by atoms with E-state index >= 15 is 0 Å². The molecule has 0 spiro atoms. The number of non-ortho nitro benzene ring substituents is 1. The van der Waals surface area contributed by atoms with Crippen LogP contribution in [0.25, 0.3) is 0 Å². The van der Waals surface area contributed by atoms with E-state index in [1.807, 2.05) is 37.3 Å². The molecule has 7 nitrogen and oxygen atoms in total. The van der Waals surface area contributed by atoms with Gasteiger partial charge in [0.25, 0.3) is 5.69 Å². The van der Waals surface area contributed by atoms with Crippen molar-refractivity contribution in [2.24, 2.45) is 0 Å². The van der Waals surface area contributed by atoms with Crippen LogP contribution in [0.3, 0.4) is 0 Å². The molecule has 0 aromatic heterocycles. The molecule has 1 aliphatic heterocycles. The predicted molar refractivity (Wildman–Crippen MR) is 94.4 cm³/mol. The average Bonchev–Trinajstić information content (AvgIpc) is 2.64. The van der Waals surface area contributed by atoms with E-state index in [1.165, 1.54) is 12.1 Å². The number of carbonyl (C=O) groups excluding carboxylic acids is 1. The minimum Gasteiger partial charge on any atom is -0.348 e. The number of nitro benzene ring substituents is 1. The van der Waals surface area contributed by atoms with Crippen LogP contribution in [-0.4, -0.2) is 29.6 Å². The molecule has 1 saturated heterocycles. The zero-order valence-electron chi connectivity index (χ0n) is 14.3. The molecular formula is C19H20N2O5. The van der Waals surface area contributed by atoms with E-state index in [1.54, 1.807) is 12.1 Å². The van der Waals surface area contributed by atoms with Gasteiger partial charge in [0.05, 0.1) is 30.1 Å². The zero-order chi connectivity index (χ0) is 18.5. The van der Waals surface area contributed by atoms with Gasteiger partial charge in [0.1, 0.15) is 0 Å². The number of amides is 1. The molecule has 3 rings (SSSR count). The van der Waals surface area contributed by atoms with Gasteiger partial charge in [0.15, 0.2) is 6.29 Å². The Morgan fingerprint density at radius 1 is 1.19 bits per heavy atom. The molecule has 1 amide bonds. The number of hydrogen-bond acceptors (Lipinski definition) is 5.